The number of hydrogen-bond acceptors (Lipinski definition) is 4. The molecule has 0 aliphatic carbocycles. The van der Waals surface area contributed by atoms with E-state index in [2.05, 4.69) is 10.2 Å². The molecule has 0 radical (unpaired) electrons. The van der Waals surface area contributed by atoms with Crippen molar-refractivity contribution in [2.24, 2.45) is 0 Å². The second kappa shape index (κ2) is 7.06. The first-order chi connectivity index (χ1) is 12.0. The van der Waals surface area contributed by atoms with Crippen molar-refractivity contribution in [3.63, 3.8) is 0 Å². The molecule has 1 N–H and O–H groups in total. The lowest BCUT2D eigenvalue weighted by atomic mass is 10.1. The molecule has 25 heavy (non-hydrogen) atoms. The van der Waals surface area contributed by atoms with Crippen LogP contribution in [0, 0.1) is 5.82 Å². The lowest BCUT2D eigenvalue weighted by Gasteiger charge is -2.14. The van der Waals surface area contributed by atoms with E-state index in [0.717, 1.165) is 17.8 Å². The zero-order valence-electron chi connectivity index (χ0n) is 14.5. The van der Waals surface area contributed by atoms with Gasteiger partial charge in [-0.1, -0.05) is 0 Å². The highest BCUT2D eigenvalue weighted by Crippen LogP contribution is 2.26. The molecule has 0 fully saturated rings. The van der Waals surface area contributed by atoms with Crippen LogP contribution >= 0.6 is 0 Å². The molecule has 7 heteroatoms. The van der Waals surface area contributed by atoms with Gasteiger partial charge in [0.05, 0.1) is 30.8 Å². The summed E-state index contributed by atoms with van der Waals surface area (Å²) in [7, 11) is 1.55. The first-order valence-corrected chi connectivity index (χ1v) is 8.14. The predicted octanol–water partition coefficient (Wildman–Crippen LogP) is 2.88. The van der Waals surface area contributed by atoms with Crippen molar-refractivity contribution in [2.45, 2.75) is 32.9 Å². The summed E-state index contributed by atoms with van der Waals surface area (Å²) in [6.07, 6.45) is 3.56. The van der Waals surface area contributed by atoms with E-state index < -0.39 is 11.9 Å². The molecule has 1 atom stereocenters. The van der Waals surface area contributed by atoms with Gasteiger partial charge in [-0.05, 0) is 37.6 Å². The fourth-order valence-corrected chi connectivity index (χ4v) is 2.76. The molecule has 0 amide bonds. The van der Waals surface area contributed by atoms with E-state index in [1.807, 2.05) is 30.1 Å². The summed E-state index contributed by atoms with van der Waals surface area (Å²) in [5.41, 5.74) is 2.99. The largest absolute Gasteiger partial charge is 0.480 e. The Morgan fingerprint density at radius 1 is 1.32 bits per heavy atom. The van der Waals surface area contributed by atoms with Crippen LogP contribution < -0.4 is 4.74 Å². The maximum atomic E-state index is 13.6. The van der Waals surface area contributed by atoms with E-state index in [-0.39, 0.29) is 0 Å². The summed E-state index contributed by atoms with van der Waals surface area (Å²) < 4.78 is 22.4. The van der Waals surface area contributed by atoms with Crippen LogP contribution in [-0.4, -0.2) is 31.8 Å². The number of nitrogens with zero attached hydrogens (tertiary/aromatic N) is 4. The Balaban J connectivity index is 2.06. The third kappa shape index (κ3) is 3.56. The van der Waals surface area contributed by atoms with E-state index in [1.165, 1.54) is 12.1 Å². The highest BCUT2D eigenvalue weighted by atomic mass is 19.1. The van der Waals surface area contributed by atoms with Crippen LogP contribution in [0.25, 0.3) is 5.69 Å². The van der Waals surface area contributed by atoms with Crippen molar-refractivity contribution in [2.75, 3.05) is 7.11 Å². The normalized spacial score (nSPS) is 12.4. The molecule has 0 saturated heterocycles. The molecule has 3 rings (SSSR count). The number of hydrogen-bond donors (Lipinski definition) is 1. The standard InChI is InChI=1S/C18H21FN4O2/c1-4-22-11-13(10-20-22)7-15-9-18(25-3)21-23(15)17-6-5-14(19)8-16(17)12(2)24/h5-6,8-12,24H,4,7H2,1-3H3. The molecule has 0 saturated carbocycles. The first-order valence-electron chi connectivity index (χ1n) is 8.14. The molecule has 0 aliphatic rings. The molecule has 132 valence electrons. The number of rotatable bonds is 6. The van der Waals surface area contributed by atoms with Gasteiger partial charge in [0.1, 0.15) is 5.82 Å². The number of aliphatic hydroxyl groups is 1. The molecule has 6 nitrogen and oxygen atoms in total. The number of methoxy groups -OCH3 is 1. The molecule has 2 aromatic heterocycles. The average Bonchev–Trinajstić information content (AvgIpc) is 3.21. The van der Waals surface area contributed by atoms with Gasteiger partial charge in [-0.15, -0.1) is 5.10 Å². The van der Waals surface area contributed by atoms with Crippen molar-refractivity contribution in [1.29, 1.82) is 0 Å². The van der Waals surface area contributed by atoms with Gasteiger partial charge in [0.2, 0.25) is 5.88 Å². The quantitative estimate of drug-likeness (QED) is 0.747. The monoisotopic (exact) mass is 344 g/mol. The maximum absolute atomic E-state index is 13.6. The van der Waals surface area contributed by atoms with Gasteiger partial charge in [0, 0.05) is 30.8 Å². The fraction of sp³-hybridized carbons (Fsp3) is 0.333. The van der Waals surface area contributed by atoms with Crippen LogP contribution in [-0.2, 0) is 13.0 Å². The summed E-state index contributed by atoms with van der Waals surface area (Å²) in [5.74, 6) is 0.0586. The molecule has 0 spiro atoms. The summed E-state index contributed by atoms with van der Waals surface area (Å²) in [6, 6.07) is 6.13. The van der Waals surface area contributed by atoms with Crippen molar-refractivity contribution in [1.82, 2.24) is 19.6 Å². The summed E-state index contributed by atoms with van der Waals surface area (Å²) in [6.45, 7) is 4.42. The minimum atomic E-state index is -0.823. The number of aliphatic hydroxyl groups excluding tert-OH is 1. The Labute approximate surface area is 145 Å². The van der Waals surface area contributed by atoms with E-state index in [9.17, 15) is 9.50 Å². The maximum Gasteiger partial charge on any atom is 0.233 e. The molecule has 1 unspecified atom stereocenters. The van der Waals surface area contributed by atoms with Crippen LogP contribution in [0.5, 0.6) is 5.88 Å². The second-order valence-corrected chi connectivity index (χ2v) is 5.85. The lowest BCUT2D eigenvalue weighted by molar-refractivity contribution is 0.198. The van der Waals surface area contributed by atoms with Crippen molar-refractivity contribution < 1.29 is 14.2 Å². The van der Waals surface area contributed by atoms with E-state index in [4.69, 9.17) is 4.74 Å². The molecular formula is C18H21FN4O2. The van der Waals surface area contributed by atoms with E-state index >= 15 is 0 Å². The number of aromatic nitrogens is 4. The molecule has 3 aromatic rings. The van der Waals surface area contributed by atoms with Crippen LogP contribution in [0.15, 0.2) is 36.7 Å². The van der Waals surface area contributed by atoms with Crippen LogP contribution in [0.1, 0.15) is 36.8 Å². The molecule has 1 aromatic carbocycles. The van der Waals surface area contributed by atoms with Gasteiger partial charge in [-0.25, -0.2) is 9.07 Å². The van der Waals surface area contributed by atoms with Gasteiger partial charge in [-0.3, -0.25) is 4.68 Å². The number of aryl methyl sites for hydroxylation is 1. The minimum absolute atomic E-state index is 0.399. The highest BCUT2D eigenvalue weighted by Gasteiger charge is 2.17. The van der Waals surface area contributed by atoms with Crippen LogP contribution in [0.4, 0.5) is 4.39 Å². The number of halogens is 1. The second-order valence-electron chi connectivity index (χ2n) is 5.85. The topological polar surface area (TPSA) is 65.1 Å². The lowest BCUT2D eigenvalue weighted by Crippen LogP contribution is -2.08. The Bertz CT molecular complexity index is 870. The highest BCUT2D eigenvalue weighted by molar-refractivity contribution is 5.44. The van der Waals surface area contributed by atoms with Gasteiger partial charge in [-0.2, -0.15) is 5.10 Å². The minimum Gasteiger partial charge on any atom is -0.480 e. The van der Waals surface area contributed by atoms with Crippen LogP contribution in [0.3, 0.4) is 0 Å². The van der Waals surface area contributed by atoms with Gasteiger partial charge >= 0.3 is 0 Å². The van der Waals surface area contributed by atoms with E-state index in [0.29, 0.717) is 23.6 Å². The van der Waals surface area contributed by atoms with Gasteiger partial charge in [0.15, 0.2) is 0 Å². The predicted molar refractivity (Wildman–Crippen MR) is 91.4 cm³/mol. The summed E-state index contributed by atoms with van der Waals surface area (Å²) in [4.78, 5) is 0. The molecular weight excluding hydrogens is 323 g/mol. The number of ether oxygens (including phenoxy) is 1. The third-order valence-corrected chi connectivity index (χ3v) is 4.03. The van der Waals surface area contributed by atoms with E-state index in [1.54, 1.807) is 24.8 Å². The first kappa shape index (κ1) is 17.2. The fourth-order valence-electron chi connectivity index (χ4n) is 2.76. The SMILES string of the molecule is CCn1cc(Cc2cc(OC)nn2-c2ccc(F)cc2C(C)O)cn1. The molecule has 0 aliphatic heterocycles. The summed E-state index contributed by atoms with van der Waals surface area (Å²) in [5, 5.41) is 18.7. The third-order valence-electron chi connectivity index (χ3n) is 4.03. The zero-order chi connectivity index (χ0) is 18.0. The average molecular weight is 344 g/mol. The summed E-state index contributed by atoms with van der Waals surface area (Å²) >= 11 is 0. The zero-order valence-corrected chi connectivity index (χ0v) is 14.5. The van der Waals surface area contributed by atoms with Crippen molar-refractivity contribution in [3.05, 3.63) is 59.3 Å². The Kier molecular flexibility index (Phi) is 4.85. The smallest absolute Gasteiger partial charge is 0.233 e. The molecule has 2 heterocycles. The van der Waals surface area contributed by atoms with Crippen molar-refractivity contribution >= 4 is 0 Å². The Morgan fingerprint density at radius 2 is 2.12 bits per heavy atom. The Morgan fingerprint density at radius 3 is 2.76 bits per heavy atom. The molecule has 0 bridgehead atoms. The van der Waals surface area contributed by atoms with Crippen molar-refractivity contribution in [3.8, 4) is 11.6 Å². The Hall–Kier alpha value is -2.67. The van der Waals surface area contributed by atoms with Gasteiger partial charge in [0.25, 0.3) is 0 Å². The van der Waals surface area contributed by atoms with Crippen LogP contribution in [0.2, 0.25) is 0 Å². The number of benzene rings is 1. The van der Waals surface area contributed by atoms with Gasteiger partial charge < -0.3 is 9.84 Å².